The van der Waals surface area contributed by atoms with E-state index in [0.717, 1.165) is 0 Å². The molecule has 0 radical (unpaired) electrons. The maximum Gasteiger partial charge on any atom is 0.390 e. The Morgan fingerprint density at radius 2 is 1.73 bits per heavy atom. The molecule has 0 atom stereocenters. The summed E-state index contributed by atoms with van der Waals surface area (Å²) in [5.74, 6) is -4.98. The first-order valence-corrected chi connectivity index (χ1v) is 3.68. The zero-order chi connectivity index (χ0) is 11.9. The average Bonchev–Trinajstić information content (AvgIpc) is 2.00. The number of alkyl halides is 5. The van der Waals surface area contributed by atoms with Crippen LogP contribution >= 0.6 is 11.6 Å². The molecule has 0 aliphatic carbocycles. The molecular weight excluding hydrogens is 246 g/mol. The zero-order valence-electron chi connectivity index (χ0n) is 6.65. The molecule has 0 aliphatic heterocycles. The summed E-state index contributed by atoms with van der Waals surface area (Å²) < 4.78 is 49.9. The van der Waals surface area contributed by atoms with Gasteiger partial charge in [0.05, 0.1) is 0 Å². The Balaban J connectivity index is 3.41. The van der Waals surface area contributed by atoms with Crippen molar-refractivity contribution in [3.8, 4) is 0 Å². The van der Waals surface area contributed by atoms with E-state index < -0.39 is 28.2 Å². The monoisotopic (exact) mass is 247 g/mol. The van der Waals surface area contributed by atoms with Crippen molar-refractivity contribution in [2.45, 2.75) is 11.3 Å². The Bertz CT molecular complexity index is 476. The van der Waals surface area contributed by atoms with Gasteiger partial charge in [-0.3, -0.25) is 9.78 Å². The molecule has 2 N–H and O–H groups in total. The lowest BCUT2D eigenvalue weighted by atomic mass is 10.2. The van der Waals surface area contributed by atoms with Crippen molar-refractivity contribution in [1.82, 2.24) is 15.2 Å². The van der Waals surface area contributed by atoms with Crippen molar-refractivity contribution in [1.29, 1.82) is 0 Å². The van der Waals surface area contributed by atoms with Crippen LogP contribution in [0.25, 0.3) is 0 Å². The van der Waals surface area contributed by atoms with Crippen LogP contribution < -0.4 is 11.2 Å². The number of hydrogen-bond donors (Lipinski definition) is 2. The summed E-state index contributed by atoms with van der Waals surface area (Å²) in [6.07, 6.45) is 0. The van der Waals surface area contributed by atoms with Crippen LogP contribution in [0.15, 0.2) is 9.59 Å². The summed E-state index contributed by atoms with van der Waals surface area (Å²) in [6, 6.07) is 0. The molecule has 1 aromatic heterocycles. The summed E-state index contributed by atoms with van der Waals surface area (Å²) in [5.41, 5.74) is -4.79. The normalized spacial score (nSPS) is 12.9. The summed E-state index contributed by atoms with van der Waals surface area (Å²) in [7, 11) is 0. The molecule has 84 valence electrons. The summed E-state index contributed by atoms with van der Waals surface area (Å²) in [5, 5.41) is -1.07. The number of rotatable bonds is 2. The Hall–Kier alpha value is -1.38. The average molecular weight is 248 g/mol. The second kappa shape index (κ2) is 3.33. The lowest BCUT2D eigenvalue weighted by Gasteiger charge is -2.18. The Labute approximate surface area is 83.1 Å². The molecule has 1 aromatic rings. The van der Waals surface area contributed by atoms with Gasteiger partial charge in [0.15, 0.2) is 0 Å². The van der Waals surface area contributed by atoms with Crippen molar-refractivity contribution in [3.05, 3.63) is 26.5 Å². The molecule has 0 saturated carbocycles. The van der Waals surface area contributed by atoms with Crippen LogP contribution in [0.3, 0.4) is 0 Å². The van der Waals surface area contributed by atoms with E-state index in [1.54, 1.807) is 0 Å². The van der Waals surface area contributed by atoms with Crippen LogP contribution in [-0.2, 0) is 5.92 Å². The highest BCUT2D eigenvalue weighted by atomic mass is 35.5. The Morgan fingerprint density at radius 3 is 2.13 bits per heavy atom. The molecule has 0 aromatic carbocycles. The van der Waals surface area contributed by atoms with Gasteiger partial charge in [0.1, 0.15) is 0 Å². The largest absolute Gasteiger partial charge is 0.390 e. The van der Waals surface area contributed by atoms with Crippen molar-refractivity contribution >= 4 is 11.6 Å². The van der Waals surface area contributed by atoms with Crippen molar-refractivity contribution in [2.24, 2.45) is 0 Å². The standard InChI is InChI=1S/C5H2ClF4N3O2/c6-5(9,10)4(7,8)1-2(14)11-3(15)13-12-1/h(H2,11,13,14,15). The van der Waals surface area contributed by atoms with Crippen LogP contribution in [0.5, 0.6) is 0 Å². The fourth-order valence-electron chi connectivity index (χ4n) is 0.695. The minimum atomic E-state index is -4.98. The van der Waals surface area contributed by atoms with Gasteiger partial charge in [-0.1, -0.05) is 0 Å². The third-order valence-electron chi connectivity index (χ3n) is 1.36. The van der Waals surface area contributed by atoms with Crippen LogP contribution in [0.4, 0.5) is 17.6 Å². The lowest BCUT2D eigenvalue weighted by Crippen LogP contribution is -2.41. The van der Waals surface area contributed by atoms with E-state index >= 15 is 0 Å². The minimum Gasteiger partial charge on any atom is -0.271 e. The molecule has 0 aliphatic rings. The highest BCUT2D eigenvalue weighted by Crippen LogP contribution is 2.43. The smallest absolute Gasteiger partial charge is 0.271 e. The molecule has 0 fully saturated rings. The number of H-pyrrole nitrogens is 2. The molecule has 15 heavy (non-hydrogen) atoms. The van der Waals surface area contributed by atoms with Crippen molar-refractivity contribution in [2.75, 3.05) is 0 Å². The van der Waals surface area contributed by atoms with Gasteiger partial charge in [-0.25, -0.2) is 9.89 Å². The van der Waals surface area contributed by atoms with Crippen molar-refractivity contribution in [3.63, 3.8) is 0 Å². The highest BCUT2D eigenvalue weighted by Gasteiger charge is 2.59. The maximum atomic E-state index is 12.8. The molecule has 0 saturated heterocycles. The predicted octanol–water partition coefficient (Wildman–Crippen LogP) is 0.382. The first-order chi connectivity index (χ1) is 6.66. The molecule has 0 unspecified atom stereocenters. The molecule has 1 rings (SSSR count). The Kier molecular flexibility index (Phi) is 2.60. The third-order valence-corrected chi connectivity index (χ3v) is 1.60. The van der Waals surface area contributed by atoms with Gasteiger partial charge in [-0.15, -0.1) is 0 Å². The molecule has 1 heterocycles. The number of halogens is 5. The second-order valence-corrected chi connectivity index (χ2v) is 2.90. The van der Waals surface area contributed by atoms with E-state index in [0.29, 0.717) is 0 Å². The minimum absolute atomic E-state index is 1.20. The molecule has 0 bridgehead atoms. The van der Waals surface area contributed by atoms with Gasteiger partial charge >= 0.3 is 17.0 Å². The summed E-state index contributed by atoms with van der Waals surface area (Å²) >= 11 is 4.10. The van der Waals surface area contributed by atoms with Crippen LogP contribution in [-0.4, -0.2) is 20.6 Å². The number of hydrogen-bond acceptors (Lipinski definition) is 3. The fourth-order valence-corrected chi connectivity index (χ4v) is 0.784. The van der Waals surface area contributed by atoms with Gasteiger partial charge in [-0.05, 0) is 11.6 Å². The SMILES string of the molecule is O=c1[nH]nc(C(F)(F)C(F)(F)Cl)c(=O)[nH]1. The van der Waals surface area contributed by atoms with E-state index in [-0.39, 0.29) is 0 Å². The van der Waals surface area contributed by atoms with E-state index in [9.17, 15) is 27.2 Å². The molecular formula is C5H2ClF4N3O2. The number of aromatic nitrogens is 3. The topological polar surface area (TPSA) is 78.6 Å². The van der Waals surface area contributed by atoms with Crippen LogP contribution in [0, 0.1) is 0 Å². The highest BCUT2D eigenvalue weighted by molar-refractivity contribution is 6.22. The maximum absolute atomic E-state index is 12.8. The first kappa shape index (κ1) is 11.7. The van der Waals surface area contributed by atoms with Crippen LogP contribution in [0.2, 0.25) is 0 Å². The summed E-state index contributed by atoms with van der Waals surface area (Å²) in [4.78, 5) is 22.4. The van der Waals surface area contributed by atoms with E-state index in [1.165, 1.54) is 10.1 Å². The zero-order valence-corrected chi connectivity index (χ0v) is 7.41. The third kappa shape index (κ3) is 2.01. The second-order valence-electron chi connectivity index (χ2n) is 2.43. The van der Waals surface area contributed by atoms with Gasteiger partial charge in [-0.2, -0.15) is 22.7 Å². The van der Waals surface area contributed by atoms with Crippen LogP contribution in [0.1, 0.15) is 5.69 Å². The van der Waals surface area contributed by atoms with Crippen molar-refractivity contribution < 1.29 is 17.6 Å². The van der Waals surface area contributed by atoms with E-state index in [2.05, 4.69) is 16.7 Å². The summed E-state index contributed by atoms with van der Waals surface area (Å²) in [6.45, 7) is 0. The Morgan fingerprint density at radius 1 is 1.20 bits per heavy atom. The number of aromatic amines is 2. The van der Waals surface area contributed by atoms with Gasteiger partial charge < -0.3 is 0 Å². The lowest BCUT2D eigenvalue weighted by molar-refractivity contribution is -0.168. The molecule has 10 heteroatoms. The number of nitrogens with one attached hydrogen (secondary N) is 2. The predicted molar refractivity (Wildman–Crippen MR) is 40.2 cm³/mol. The fraction of sp³-hybridized carbons (Fsp3) is 0.400. The van der Waals surface area contributed by atoms with Gasteiger partial charge in [0.2, 0.25) is 5.69 Å². The first-order valence-electron chi connectivity index (χ1n) is 3.30. The molecule has 0 amide bonds. The van der Waals surface area contributed by atoms with E-state index in [4.69, 9.17) is 0 Å². The molecule has 5 nitrogen and oxygen atoms in total. The van der Waals surface area contributed by atoms with Gasteiger partial charge in [0.25, 0.3) is 5.56 Å². The van der Waals surface area contributed by atoms with E-state index in [1.807, 2.05) is 0 Å². The quantitative estimate of drug-likeness (QED) is 0.586. The number of nitrogens with zero attached hydrogens (tertiary/aromatic N) is 1. The molecule has 0 spiro atoms. The van der Waals surface area contributed by atoms with Gasteiger partial charge in [0, 0.05) is 0 Å².